The summed E-state index contributed by atoms with van der Waals surface area (Å²) in [6.07, 6.45) is 10.2. The molecule has 15 heavy (non-hydrogen) atoms. The van der Waals surface area contributed by atoms with E-state index in [1.165, 1.54) is 44.9 Å². The monoisotopic (exact) mass is 210 g/mol. The fourth-order valence-corrected chi connectivity index (χ4v) is 3.19. The summed E-state index contributed by atoms with van der Waals surface area (Å²) in [5, 5.41) is 0. The summed E-state index contributed by atoms with van der Waals surface area (Å²) in [5.41, 5.74) is 0. The van der Waals surface area contributed by atoms with E-state index in [9.17, 15) is 0 Å². The van der Waals surface area contributed by atoms with Gasteiger partial charge >= 0.3 is 0 Å². The van der Waals surface area contributed by atoms with E-state index < -0.39 is 0 Å². The highest BCUT2D eigenvalue weighted by Gasteiger charge is 2.25. The summed E-state index contributed by atoms with van der Waals surface area (Å²) in [6.45, 7) is 9.65. The normalized spacial score (nSPS) is 34.0. The largest absolute Gasteiger partial charge is 0.0654 e. The van der Waals surface area contributed by atoms with E-state index in [0.29, 0.717) is 0 Å². The first-order valence-electron chi connectivity index (χ1n) is 7.13. The maximum atomic E-state index is 2.47. The van der Waals surface area contributed by atoms with Gasteiger partial charge in [0, 0.05) is 0 Å². The molecule has 90 valence electrons. The summed E-state index contributed by atoms with van der Waals surface area (Å²) in [7, 11) is 0. The minimum Gasteiger partial charge on any atom is -0.0654 e. The molecule has 0 saturated heterocycles. The zero-order chi connectivity index (χ0) is 11.3. The summed E-state index contributed by atoms with van der Waals surface area (Å²) in [5.74, 6) is 3.98. The van der Waals surface area contributed by atoms with Crippen LogP contribution in [0, 0.1) is 23.7 Å². The first-order chi connectivity index (χ1) is 7.13. The van der Waals surface area contributed by atoms with E-state index in [-0.39, 0.29) is 0 Å². The van der Waals surface area contributed by atoms with Crippen molar-refractivity contribution in [3.05, 3.63) is 0 Å². The molecule has 0 radical (unpaired) electrons. The summed E-state index contributed by atoms with van der Waals surface area (Å²) in [4.78, 5) is 0. The van der Waals surface area contributed by atoms with Crippen LogP contribution < -0.4 is 0 Å². The van der Waals surface area contributed by atoms with Crippen LogP contribution in [0.4, 0.5) is 0 Å². The molecule has 4 unspecified atom stereocenters. The summed E-state index contributed by atoms with van der Waals surface area (Å²) >= 11 is 0. The van der Waals surface area contributed by atoms with Gasteiger partial charge in [0.15, 0.2) is 0 Å². The molecule has 0 heteroatoms. The maximum Gasteiger partial charge on any atom is -0.0386 e. The van der Waals surface area contributed by atoms with Crippen molar-refractivity contribution < 1.29 is 0 Å². The van der Waals surface area contributed by atoms with Gasteiger partial charge in [0.05, 0.1) is 0 Å². The number of rotatable bonds is 5. The van der Waals surface area contributed by atoms with Crippen molar-refractivity contribution >= 4 is 0 Å². The van der Waals surface area contributed by atoms with Gasteiger partial charge in [-0.2, -0.15) is 0 Å². The van der Waals surface area contributed by atoms with Gasteiger partial charge in [-0.25, -0.2) is 0 Å². The Kier molecular flexibility index (Phi) is 5.71. The Morgan fingerprint density at radius 2 is 1.87 bits per heavy atom. The Balaban J connectivity index is 2.23. The topological polar surface area (TPSA) is 0 Å². The lowest BCUT2D eigenvalue weighted by molar-refractivity contribution is 0.182. The molecule has 0 aromatic rings. The lowest BCUT2D eigenvalue weighted by Crippen LogP contribution is -2.22. The molecule has 0 N–H and O–H groups in total. The summed E-state index contributed by atoms with van der Waals surface area (Å²) < 4.78 is 0. The van der Waals surface area contributed by atoms with E-state index in [2.05, 4.69) is 27.7 Å². The minimum atomic E-state index is 0.958. The Morgan fingerprint density at radius 3 is 2.53 bits per heavy atom. The van der Waals surface area contributed by atoms with Crippen molar-refractivity contribution in [2.24, 2.45) is 23.7 Å². The molecule has 1 fully saturated rings. The van der Waals surface area contributed by atoms with Crippen molar-refractivity contribution in [1.82, 2.24) is 0 Å². The van der Waals surface area contributed by atoms with Gasteiger partial charge < -0.3 is 0 Å². The molecule has 1 aliphatic carbocycles. The Labute approximate surface area is 96.8 Å². The van der Waals surface area contributed by atoms with Gasteiger partial charge in [0.25, 0.3) is 0 Å². The quantitative estimate of drug-likeness (QED) is 0.579. The predicted octanol–water partition coefficient (Wildman–Crippen LogP) is 5.28. The van der Waals surface area contributed by atoms with Gasteiger partial charge in [-0.15, -0.1) is 0 Å². The lowest BCUT2D eigenvalue weighted by atomic mass is 9.73. The standard InChI is InChI=1S/C15H30/c1-5-6-12(2)8-10-15-11-13(3)7-9-14(15)4/h12-15H,5-11H2,1-4H3. The molecule has 1 rings (SSSR count). The fraction of sp³-hybridized carbons (Fsp3) is 1.00. The first-order valence-corrected chi connectivity index (χ1v) is 7.13. The second-order valence-electron chi connectivity index (χ2n) is 6.13. The van der Waals surface area contributed by atoms with Crippen molar-refractivity contribution in [1.29, 1.82) is 0 Å². The molecule has 0 heterocycles. The molecule has 0 spiro atoms. The third-order valence-corrected chi connectivity index (χ3v) is 4.44. The molecule has 0 bridgehead atoms. The highest BCUT2D eigenvalue weighted by atomic mass is 14.3. The van der Waals surface area contributed by atoms with Crippen LogP contribution in [0.2, 0.25) is 0 Å². The molecule has 0 aliphatic heterocycles. The maximum absolute atomic E-state index is 2.47. The lowest BCUT2D eigenvalue weighted by Gasteiger charge is -2.33. The molecule has 0 amide bonds. The van der Waals surface area contributed by atoms with Gasteiger partial charge in [0.2, 0.25) is 0 Å². The Hall–Kier alpha value is 0. The van der Waals surface area contributed by atoms with E-state index in [0.717, 1.165) is 23.7 Å². The molecule has 4 atom stereocenters. The number of hydrogen-bond donors (Lipinski definition) is 0. The van der Waals surface area contributed by atoms with Crippen molar-refractivity contribution in [2.45, 2.75) is 72.6 Å². The zero-order valence-corrected chi connectivity index (χ0v) is 11.3. The van der Waals surface area contributed by atoms with E-state index in [4.69, 9.17) is 0 Å². The Bertz CT molecular complexity index is 161. The highest BCUT2D eigenvalue weighted by molar-refractivity contribution is 4.76. The van der Waals surface area contributed by atoms with Gasteiger partial charge in [-0.1, -0.05) is 59.8 Å². The van der Waals surface area contributed by atoms with Crippen LogP contribution in [0.3, 0.4) is 0 Å². The Morgan fingerprint density at radius 1 is 1.13 bits per heavy atom. The minimum absolute atomic E-state index is 0.958. The zero-order valence-electron chi connectivity index (χ0n) is 11.3. The van der Waals surface area contributed by atoms with Crippen LogP contribution in [-0.4, -0.2) is 0 Å². The van der Waals surface area contributed by atoms with Crippen LogP contribution in [0.25, 0.3) is 0 Å². The molecule has 0 nitrogen and oxygen atoms in total. The van der Waals surface area contributed by atoms with E-state index in [1.54, 1.807) is 0 Å². The van der Waals surface area contributed by atoms with Gasteiger partial charge in [-0.3, -0.25) is 0 Å². The van der Waals surface area contributed by atoms with Crippen LogP contribution in [-0.2, 0) is 0 Å². The predicted molar refractivity (Wildman–Crippen MR) is 69.0 cm³/mol. The first kappa shape index (κ1) is 13.1. The third kappa shape index (κ3) is 4.57. The molecular weight excluding hydrogens is 180 g/mol. The molecular formula is C15H30. The van der Waals surface area contributed by atoms with Crippen LogP contribution in [0.5, 0.6) is 0 Å². The van der Waals surface area contributed by atoms with Crippen molar-refractivity contribution in [2.75, 3.05) is 0 Å². The second-order valence-corrected chi connectivity index (χ2v) is 6.13. The fourth-order valence-electron chi connectivity index (χ4n) is 3.19. The molecule has 1 saturated carbocycles. The average molecular weight is 210 g/mol. The van der Waals surface area contributed by atoms with Crippen LogP contribution in [0.15, 0.2) is 0 Å². The van der Waals surface area contributed by atoms with Crippen LogP contribution in [0.1, 0.15) is 72.6 Å². The SMILES string of the molecule is CCCC(C)CCC1CC(C)CCC1C. The number of hydrogen-bond acceptors (Lipinski definition) is 0. The second kappa shape index (κ2) is 6.55. The van der Waals surface area contributed by atoms with E-state index >= 15 is 0 Å². The molecule has 0 aromatic carbocycles. The van der Waals surface area contributed by atoms with Gasteiger partial charge in [0.1, 0.15) is 0 Å². The molecule has 1 aliphatic rings. The van der Waals surface area contributed by atoms with Crippen molar-refractivity contribution in [3.8, 4) is 0 Å². The summed E-state index contributed by atoms with van der Waals surface area (Å²) in [6, 6.07) is 0. The smallest absolute Gasteiger partial charge is 0.0386 e. The molecule has 0 aromatic heterocycles. The third-order valence-electron chi connectivity index (χ3n) is 4.44. The van der Waals surface area contributed by atoms with Crippen molar-refractivity contribution in [3.63, 3.8) is 0 Å². The van der Waals surface area contributed by atoms with Crippen LogP contribution >= 0.6 is 0 Å². The highest BCUT2D eigenvalue weighted by Crippen LogP contribution is 2.36. The van der Waals surface area contributed by atoms with Gasteiger partial charge in [-0.05, 0) is 36.5 Å². The van der Waals surface area contributed by atoms with E-state index in [1.807, 2.05) is 0 Å². The average Bonchev–Trinajstić information content (AvgIpc) is 2.20.